The minimum Gasteiger partial charge on any atom is -0.455 e. The van der Waals surface area contributed by atoms with E-state index < -0.39 is 0 Å². The lowest BCUT2D eigenvalue weighted by Crippen LogP contribution is -2.04. The van der Waals surface area contributed by atoms with Crippen LogP contribution in [0.4, 0.5) is 0 Å². The van der Waals surface area contributed by atoms with Crippen molar-refractivity contribution in [1.82, 2.24) is 19.9 Å². The topological polar surface area (TPSA) is 64.7 Å². The molecule has 0 aliphatic carbocycles. The zero-order valence-electron chi connectivity index (χ0n) is 34.4. The number of benzene rings is 2. The molecule has 0 bridgehead atoms. The van der Waals surface area contributed by atoms with Crippen molar-refractivity contribution in [3.8, 4) is 11.4 Å². The Bertz CT molecular complexity index is 2730. The molecule has 0 unspecified atom stereocenters. The minimum absolute atomic E-state index is 0.523. The van der Waals surface area contributed by atoms with Crippen LogP contribution in [0.25, 0.3) is 66.5 Å². The summed E-state index contributed by atoms with van der Waals surface area (Å²) in [7, 11) is 0.817. The molecule has 0 spiro atoms. The van der Waals surface area contributed by atoms with Gasteiger partial charge in [-0.3, -0.25) is 0 Å². The Morgan fingerprint density at radius 2 is 1.56 bits per heavy atom. The molecule has 292 valence electrons. The predicted molar refractivity (Wildman–Crippen MR) is 261 cm³/mol. The van der Waals surface area contributed by atoms with Gasteiger partial charge in [0.2, 0.25) is 0 Å². The first-order chi connectivity index (χ1) is 28.8. The van der Waals surface area contributed by atoms with Crippen molar-refractivity contribution in [3.05, 3.63) is 218 Å². The second-order valence-electron chi connectivity index (χ2n) is 13.1. The summed E-state index contributed by atoms with van der Waals surface area (Å²) < 4.78 is 7.82. The summed E-state index contributed by atoms with van der Waals surface area (Å²) in [5.41, 5.74) is 9.78. The van der Waals surface area contributed by atoms with Gasteiger partial charge in [0.1, 0.15) is 23.6 Å². The van der Waals surface area contributed by atoms with E-state index in [1.54, 1.807) is 35.6 Å². The summed E-state index contributed by atoms with van der Waals surface area (Å²) in [5.74, 6) is 4.51. The highest BCUT2D eigenvalue weighted by atomic mass is 32.1. The molecule has 0 radical (unpaired) electrons. The molecule has 7 heteroatoms. The Balaban J connectivity index is 1.61. The van der Waals surface area contributed by atoms with Gasteiger partial charge in [-0.05, 0) is 56.2 Å². The number of para-hydroxylation sites is 1. The number of rotatable bonds is 18. The van der Waals surface area contributed by atoms with E-state index in [1.807, 2.05) is 98.9 Å². The molecule has 5 nitrogen and oxygen atoms in total. The number of nitrogens with zero attached hydrogens (tertiary/aromatic N) is 4. The van der Waals surface area contributed by atoms with Crippen LogP contribution in [0.15, 0.2) is 189 Å². The lowest BCUT2D eigenvalue weighted by atomic mass is 9.78. The van der Waals surface area contributed by atoms with Crippen molar-refractivity contribution in [2.24, 2.45) is 0 Å². The maximum Gasteiger partial charge on any atom is 0.164 e. The van der Waals surface area contributed by atoms with Crippen LogP contribution in [-0.4, -0.2) is 27.2 Å². The molecule has 3 aromatic heterocycles. The quantitative estimate of drug-likeness (QED) is 0.0653. The Morgan fingerprint density at radius 1 is 0.780 bits per heavy atom. The number of allylic oxidation sites excluding steroid dienone is 22. The van der Waals surface area contributed by atoms with Crippen molar-refractivity contribution in [2.45, 2.75) is 27.6 Å². The van der Waals surface area contributed by atoms with Gasteiger partial charge in [-0.2, -0.15) is 0 Å². The van der Waals surface area contributed by atoms with Crippen molar-refractivity contribution in [3.63, 3.8) is 0 Å². The molecule has 0 atom stereocenters. The molecule has 2 aromatic carbocycles. The number of aromatic nitrogens is 4. The van der Waals surface area contributed by atoms with Crippen LogP contribution in [0.2, 0.25) is 6.82 Å². The van der Waals surface area contributed by atoms with Crippen molar-refractivity contribution in [2.75, 3.05) is 0 Å². The van der Waals surface area contributed by atoms with Crippen LogP contribution in [0.5, 0.6) is 0 Å². The summed E-state index contributed by atoms with van der Waals surface area (Å²) >= 11 is 1.61. The highest BCUT2D eigenvalue weighted by Gasteiger charge is 2.20. The van der Waals surface area contributed by atoms with E-state index in [-0.39, 0.29) is 0 Å². The summed E-state index contributed by atoms with van der Waals surface area (Å²) in [6.45, 7) is 32.0. The highest BCUT2D eigenvalue weighted by Crippen LogP contribution is 2.39. The number of furan rings is 1. The molecule has 59 heavy (non-hydrogen) atoms. The standard InChI is InChI=1S/C52H49BN4OS/c1-11-19-22-27-36(15-5)44(34-53-10)47-41(18-8)43-29-23-28-42(48(43)58-47)35(9)32-40(24-14-4)52-54-45-33-39(30-31-46(45)59-52)51-56-49(37(16-6)25-20-12-2)55-50(57-51)38(17-7)26-21-13-3/h11-34,53H,1-2,4-5,7-8H2,3,6,9-10H3/b21-13-,22-19-,25-20-,35-32+,36-27+,37-16+,38-26+,40-24+,44-34-. The second kappa shape index (κ2) is 21.0. The zero-order valence-corrected chi connectivity index (χ0v) is 35.2. The predicted octanol–water partition coefficient (Wildman–Crippen LogP) is 14.2. The van der Waals surface area contributed by atoms with E-state index in [4.69, 9.17) is 24.4 Å². The third kappa shape index (κ3) is 9.96. The van der Waals surface area contributed by atoms with Crippen LogP contribution in [-0.2, 0) is 0 Å². The van der Waals surface area contributed by atoms with Crippen LogP contribution >= 0.6 is 11.3 Å². The van der Waals surface area contributed by atoms with Gasteiger partial charge in [0.05, 0.1) is 10.2 Å². The number of thiazole rings is 1. The van der Waals surface area contributed by atoms with Gasteiger partial charge in [0.15, 0.2) is 17.5 Å². The molecule has 0 N–H and O–H groups in total. The fourth-order valence-electron chi connectivity index (χ4n) is 6.38. The smallest absolute Gasteiger partial charge is 0.164 e. The molecule has 3 heterocycles. The van der Waals surface area contributed by atoms with Gasteiger partial charge in [0.25, 0.3) is 0 Å². The third-order valence-corrected chi connectivity index (χ3v) is 10.3. The lowest BCUT2D eigenvalue weighted by Gasteiger charge is -2.09. The van der Waals surface area contributed by atoms with E-state index in [0.29, 0.717) is 17.5 Å². The third-order valence-electron chi connectivity index (χ3n) is 9.21. The molecular formula is C52H49BN4OS. The summed E-state index contributed by atoms with van der Waals surface area (Å²) in [4.78, 5) is 19.8. The van der Waals surface area contributed by atoms with Gasteiger partial charge >= 0.3 is 0 Å². The normalized spacial score (nSPS) is 13.6. The molecule has 0 amide bonds. The maximum atomic E-state index is 6.79. The number of hydrogen-bond donors (Lipinski definition) is 0. The van der Waals surface area contributed by atoms with Crippen LogP contribution in [0.3, 0.4) is 0 Å². The zero-order chi connectivity index (χ0) is 42.3. The molecule has 0 saturated carbocycles. The number of fused-ring (bicyclic) bond motifs is 2. The Morgan fingerprint density at radius 3 is 2.22 bits per heavy atom. The van der Waals surface area contributed by atoms with Crippen molar-refractivity contribution in [1.29, 1.82) is 0 Å². The number of hydrogen-bond acceptors (Lipinski definition) is 6. The first-order valence-electron chi connectivity index (χ1n) is 19.4. The van der Waals surface area contributed by atoms with E-state index in [1.165, 1.54) is 0 Å². The molecule has 0 fully saturated rings. The average Bonchev–Trinajstić information content (AvgIpc) is 3.86. The van der Waals surface area contributed by atoms with Crippen LogP contribution in [0, 0.1) is 0 Å². The van der Waals surface area contributed by atoms with Crippen LogP contribution in [0.1, 0.15) is 54.3 Å². The van der Waals surface area contributed by atoms with E-state index in [0.717, 1.165) is 89.4 Å². The van der Waals surface area contributed by atoms with E-state index >= 15 is 0 Å². The monoisotopic (exact) mass is 788 g/mol. The SMILES string of the molecule is C=C\C=C/C=C(C=C)/C(=C/BC)c1oc2c(/C(C)=C/C(=C\C=C)c3nc4cc(-c5nc(/C(C=C)=C/C=C\C)nc(C(/C=C\C=C)=C/C)n5)ccc4s3)cccc2c1C=C. The van der Waals surface area contributed by atoms with Gasteiger partial charge in [0, 0.05) is 44.4 Å². The Labute approximate surface area is 353 Å². The van der Waals surface area contributed by atoms with Gasteiger partial charge in [-0.25, -0.2) is 19.9 Å². The fraction of sp³-hybridized carbons (Fsp3) is 0.0769. The molecule has 5 aromatic rings. The van der Waals surface area contributed by atoms with Crippen LogP contribution < -0.4 is 0 Å². The molecule has 0 aliphatic heterocycles. The van der Waals surface area contributed by atoms with Gasteiger partial charge in [-0.1, -0.05) is 162 Å². The van der Waals surface area contributed by atoms with Gasteiger partial charge in [-0.15, -0.1) is 17.3 Å². The second-order valence-corrected chi connectivity index (χ2v) is 14.1. The molecule has 0 saturated heterocycles. The summed E-state index contributed by atoms with van der Waals surface area (Å²) in [5, 5.41) is 1.83. The Kier molecular flexibility index (Phi) is 15.4. The fourth-order valence-corrected chi connectivity index (χ4v) is 7.32. The van der Waals surface area contributed by atoms with E-state index in [9.17, 15) is 0 Å². The largest absolute Gasteiger partial charge is 0.455 e. The first-order valence-corrected chi connectivity index (χ1v) is 20.2. The maximum absolute atomic E-state index is 6.79. The van der Waals surface area contributed by atoms with Crippen molar-refractivity contribution >= 4 is 73.7 Å². The molecular weight excluding hydrogens is 739 g/mol. The van der Waals surface area contributed by atoms with Gasteiger partial charge < -0.3 is 4.42 Å². The minimum atomic E-state index is 0.523. The highest BCUT2D eigenvalue weighted by molar-refractivity contribution is 7.19. The average molecular weight is 789 g/mol. The molecule has 5 rings (SSSR count). The van der Waals surface area contributed by atoms with Crippen molar-refractivity contribution < 1.29 is 4.42 Å². The lowest BCUT2D eigenvalue weighted by molar-refractivity contribution is 0.598. The Hall–Kier alpha value is -6.96. The molecule has 0 aliphatic rings. The summed E-state index contributed by atoms with van der Waals surface area (Å²) in [6.07, 6.45) is 32.3. The first kappa shape index (κ1) is 43.2. The van der Waals surface area contributed by atoms with E-state index in [2.05, 4.69) is 89.5 Å². The summed E-state index contributed by atoms with van der Waals surface area (Å²) in [6, 6.07) is 12.3.